The van der Waals surface area contributed by atoms with Crippen LogP contribution in [0.2, 0.25) is 0 Å². The number of carbonyl (C=O) groups excluding carboxylic acids is 1. The molecular formula is C12H14N6O3. The first kappa shape index (κ1) is 14.4. The second kappa shape index (κ2) is 5.99. The molecular weight excluding hydrogens is 276 g/mol. The lowest BCUT2D eigenvalue weighted by atomic mass is 10.2. The van der Waals surface area contributed by atoms with E-state index in [1.165, 1.54) is 6.07 Å². The summed E-state index contributed by atoms with van der Waals surface area (Å²) in [5, 5.41) is 22.9. The van der Waals surface area contributed by atoms with Crippen LogP contribution in [0.1, 0.15) is 21.6 Å². The highest BCUT2D eigenvalue weighted by Gasteiger charge is 2.21. The fourth-order valence-electron chi connectivity index (χ4n) is 1.74. The molecule has 0 saturated carbocycles. The first-order valence-corrected chi connectivity index (χ1v) is 6.12. The zero-order valence-corrected chi connectivity index (χ0v) is 11.5. The van der Waals surface area contributed by atoms with Gasteiger partial charge in [0, 0.05) is 30.9 Å². The van der Waals surface area contributed by atoms with Crippen LogP contribution in [0, 0.1) is 17.0 Å². The van der Waals surface area contributed by atoms with Crippen LogP contribution in [0.25, 0.3) is 0 Å². The van der Waals surface area contributed by atoms with Crippen LogP contribution in [0.4, 0.5) is 11.5 Å². The highest BCUT2D eigenvalue weighted by molar-refractivity contribution is 5.98. The van der Waals surface area contributed by atoms with Crippen LogP contribution in [-0.2, 0) is 6.54 Å². The summed E-state index contributed by atoms with van der Waals surface area (Å²) in [5.74, 6) is -0.161. The molecule has 2 aromatic rings. The van der Waals surface area contributed by atoms with E-state index in [9.17, 15) is 14.9 Å². The zero-order chi connectivity index (χ0) is 15.4. The van der Waals surface area contributed by atoms with E-state index < -0.39 is 10.8 Å². The van der Waals surface area contributed by atoms with Crippen molar-refractivity contribution < 1.29 is 9.72 Å². The topological polar surface area (TPSA) is 126 Å². The van der Waals surface area contributed by atoms with Gasteiger partial charge in [0.15, 0.2) is 0 Å². The quantitative estimate of drug-likeness (QED) is 0.557. The number of carbonyl (C=O) groups is 1. The van der Waals surface area contributed by atoms with Crippen molar-refractivity contribution in [1.29, 1.82) is 0 Å². The van der Waals surface area contributed by atoms with Crippen molar-refractivity contribution in [1.82, 2.24) is 20.5 Å². The molecule has 110 valence electrons. The molecule has 0 saturated heterocycles. The van der Waals surface area contributed by atoms with Gasteiger partial charge < -0.3 is 10.6 Å². The van der Waals surface area contributed by atoms with Gasteiger partial charge in [-0.2, -0.15) is 5.10 Å². The molecule has 21 heavy (non-hydrogen) atoms. The molecule has 0 aromatic carbocycles. The molecule has 3 N–H and O–H groups in total. The largest absolute Gasteiger partial charge is 0.373 e. The Labute approximate surface area is 119 Å². The predicted octanol–water partition coefficient (Wildman–Crippen LogP) is 0.993. The molecule has 0 aliphatic rings. The van der Waals surface area contributed by atoms with Gasteiger partial charge in [-0.15, -0.1) is 0 Å². The lowest BCUT2D eigenvalue weighted by molar-refractivity contribution is -0.385. The number of rotatable bonds is 5. The van der Waals surface area contributed by atoms with E-state index >= 15 is 0 Å². The molecule has 0 aliphatic carbocycles. The van der Waals surface area contributed by atoms with Crippen molar-refractivity contribution >= 4 is 17.4 Å². The Morgan fingerprint density at radius 1 is 1.48 bits per heavy atom. The van der Waals surface area contributed by atoms with Crippen LogP contribution in [0.3, 0.4) is 0 Å². The van der Waals surface area contributed by atoms with Crippen LogP contribution < -0.4 is 10.6 Å². The monoisotopic (exact) mass is 290 g/mol. The van der Waals surface area contributed by atoms with Crippen molar-refractivity contribution in [2.75, 3.05) is 12.4 Å². The Morgan fingerprint density at radius 3 is 2.81 bits per heavy atom. The number of H-pyrrole nitrogens is 1. The molecule has 9 nitrogen and oxygen atoms in total. The lowest BCUT2D eigenvalue weighted by Gasteiger charge is -2.07. The van der Waals surface area contributed by atoms with E-state index in [-0.39, 0.29) is 17.8 Å². The van der Waals surface area contributed by atoms with Crippen LogP contribution in [0.5, 0.6) is 0 Å². The predicted molar refractivity (Wildman–Crippen MR) is 74.9 cm³/mol. The number of nitrogens with one attached hydrogen (secondary N) is 3. The van der Waals surface area contributed by atoms with E-state index in [4.69, 9.17) is 0 Å². The van der Waals surface area contributed by atoms with Gasteiger partial charge in [-0.25, -0.2) is 4.98 Å². The number of aromatic amines is 1. The van der Waals surface area contributed by atoms with E-state index in [2.05, 4.69) is 25.8 Å². The second-order valence-corrected chi connectivity index (χ2v) is 4.30. The van der Waals surface area contributed by atoms with E-state index in [1.54, 1.807) is 13.2 Å². The van der Waals surface area contributed by atoms with Gasteiger partial charge in [0.25, 0.3) is 11.6 Å². The number of aromatic nitrogens is 3. The molecule has 2 aromatic heterocycles. The first-order chi connectivity index (χ1) is 10.0. The number of hydrogen-bond acceptors (Lipinski definition) is 6. The summed E-state index contributed by atoms with van der Waals surface area (Å²) in [6, 6.07) is 1.34. The van der Waals surface area contributed by atoms with Crippen molar-refractivity contribution in [3.8, 4) is 0 Å². The average Bonchev–Trinajstić information content (AvgIpc) is 2.89. The van der Waals surface area contributed by atoms with Gasteiger partial charge in [-0.05, 0) is 6.92 Å². The Bertz CT molecular complexity index is 681. The maximum absolute atomic E-state index is 12.1. The third-order valence-electron chi connectivity index (χ3n) is 2.95. The Kier molecular flexibility index (Phi) is 4.12. The minimum atomic E-state index is -0.634. The van der Waals surface area contributed by atoms with E-state index in [0.717, 1.165) is 17.5 Å². The molecule has 0 atom stereocenters. The van der Waals surface area contributed by atoms with Crippen molar-refractivity contribution in [3.05, 3.63) is 45.4 Å². The minimum absolute atomic E-state index is 0.0412. The number of nitrogens with zero attached hydrogens (tertiary/aromatic N) is 3. The molecule has 9 heteroatoms. The Hall–Kier alpha value is -2.97. The molecule has 0 fully saturated rings. The first-order valence-electron chi connectivity index (χ1n) is 6.12. The summed E-state index contributed by atoms with van der Waals surface area (Å²) in [7, 11) is 1.62. The van der Waals surface area contributed by atoms with Gasteiger partial charge in [0.2, 0.25) is 0 Å². The molecule has 0 aliphatic heterocycles. The third kappa shape index (κ3) is 3.14. The summed E-state index contributed by atoms with van der Waals surface area (Å²) in [4.78, 5) is 26.3. The Balaban J connectivity index is 2.21. The molecule has 2 rings (SSSR count). The highest BCUT2D eigenvalue weighted by atomic mass is 16.6. The lowest BCUT2D eigenvalue weighted by Crippen LogP contribution is -2.24. The van der Waals surface area contributed by atoms with Gasteiger partial charge in [-0.1, -0.05) is 0 Å². The Morgan fingerprint density at radius 2 is 2.24 bits per heavy atom. The van der Waals surface area contributed by atoms with Crippen LogP contribution >= 0.6 is 0 Å². The fraction of sp³-hybridized carbons (Fsp3) is 0.250. The number of anilines is 1. The number of amides is 1. The molecule has 0 unspecified atom stereocenters. The van der Waals surface area contributed by atoms with Gasteiger partial charge in [0.1, 0.15) is 17.6 Å². The number of aryl methyl sites for hydroxylation is 1. The van der Waals surface area contributed by atoms with Gasteiger partial charge in [-0.3, -0.25) is 20.0 Å². The summed E-state index contributed by atoms with van der Waals surface area (Å²) in [6.07, 6.45) is 2.65. The molecule has 0 radical (unpaired) electrons. The van der Waals surface area contributed by atoms with Crippen molar-refractivity contribution in [2.45, 2.75) is 13.5 Å². The SMILES string of the molecule is CNc1cc(C(=O)NCc2cn[nH]c2C)c([N+](=O)[O-])cn1. The summed E-state index contributed by atoms with van der Waals surface area (Å²) in [5.41, 5.74) is 1.26. The van der Waals surface area contributed by atoms with E-state index in [0.29, 0.717) is 5.82 Å². The highest BCUT2D eigenvalue weighted by Crippen LogP contribution is 2.20. The molecule has 2 heterocycles. The number of nitro groups is 1. The standard InChI is InChI=1S/C12H14N6O3/c1-7-8(5-16-17-7)4-15-12(19)9-3-11(13-2)14-6-10(9)18(20)21/h3,5-6H,4H2,1-2H3,(H,13,14)(H,15,19)(H,16,17). The number of hydrogen-bond donors (Lipinski definition) is 3. The van der Waals surface area contributed by atoms with Gasteiger partial charge in [0.05, 0.1) is 11.1 Å². The average molecular weight is 290 g/mol. The maximum Gasteiger partial charge on any atom is 0.300 e. The van der Waals surface area contributed by atoms with Crippen LogP contribution in [-0.4, -0.2) is 33.1 Å². The number of pyridine rings is 1. The third-order valence-corrected chi connectivity index (χ3v) is 2.95. The van der Waals surface area contributed by atoms with Gasteiger partial charge >= 0.3 is 0 Å². The molecule has 1 amide bonds. The van der Waals surface area contributed by atoms with Crippen LogP contribution in [0.15, 0.2) is 18.5 Å². The smallest absolute Gasteiger partial charge is 0.300 e. The second-order valence-electron chi connectivity index (χ2n) is 4.30. The summed E-state index contributed by atoms with van der Waals surface area (Å²) >= 11 is 0. The zero-order valence-electron chi connectivity index (χ0n) is 11.5. The summed E-state index contributed by atoms with van der Waals surface area (Å²) < 4.78 is 0. The minimum Gasteiger partial charge on any atom is -0.373 e. The molecule has 0 spiro atoms. The van der Waals surface area contributed by atoms with Crippen molar-refractivity contribution in [2.24, 2.45) is 0 Å². The van der Waals surface area contributed by atoms with E-state index in [1.807, 2.05) is 6.92 Å². The maximum atomic E-state index is 12.1. The van der Waals surface area contributed by atoms with Crippen molar-refractivity contribution in [3.63, 3.8) is 0 Å². The molecule has 0 bridgehead atoms. The fourth-order valence-corrected chi connectivity index (χ4v) is 1.74. The normalized spacial score (nSPS) is 10.2. The summed E-state index contributed by atoms with van der Waals surface area (Å²) in [6.45, 7) is 2.05.